The molecular weight excluding hydrogens is 188 g/mol. The molecule has 2 atom stereocenters. The molecule has 0 saturated heterocycles. The third-order valence-electron chi connectivity index (χ3n) is 3.10. The Morgan fingerprint density at radius 1 is 1.40 bits per heavy atom. The van der Waals surface area contributed by atoms with Gasteiger partial charge in [-0.2, -0.15) is 0 Å². The average Bonchev–Trinajstić information content (AvgIpc) is 2.86. The van der Waals surface area contributed by atoms with Gasteiger partial charge in [0.15, 0.2) is 0 Å². The molecule has 0 spiro atoms. The summed E-state index contributed by atoms with van der Waals surface area (Å²) in [5.41, 5.74) is 6.73. The standard InChI is InChI=1S/C11H18N4/c1-6-4-9(6)5-13-11-7(2)10(12)14-8(3)15-11/h6,9H,4-5H2,1-3H3,(H3,12,13,14,15). The van der Waals surface area contributed by atoms with Gasteiger partial charge < -0.3 is 11.1 Å². The Morgan fingerprint density at radius 3 is 2.67 bits per heavy atom. The number of aryl methyl sites for hydroxylation is 1. The molecule has 1 saturated carbocycles. The summed E-state index contributed by atoms with van der Waals surface area (Å²) in [7, 11) is 0. The summed E-state index contributed by atoms with van der Waals surface area (Å²) in [6.45, 7) is 7.09. The van der Waals surface area contributed by atoms with E-state index in [4.69, 9.17) is 5.73 Å². The number of anilines is 2. The van der Waals surface area contributed by atoms with E-state index in [9.17, 15) is 0 Å². The van der Waals surface area contributed by atoms with Crippen LogP contribution in [0.15, 0.2) is 0 Å². The van der Waals surface area contributed by atoms with Crippen LogP contribution in [0.2, 0.25) is 0 Å². The molecule has 1 aliphatic carbocycles. The molecule has 0 radical (unpaired) electrons. The van der Waals surface area contributed by atoms with Gasteiger partial charge in [0, 0.05) is 12.1 Å². The second-order valence-corrected chi connectivity index (χ2v) is 4.48. The van der Waals surface area contributed by atoms with Gasteiger partial charge in [-0.1, -0.05) is 6.92 Å². The molecular formula is C11H18N4. The van der Waals surface area contributed by atoms with Gasteiger partial charge in [-0.05, 0) is 32.1 Å². The summed E-state index contributed by atoms with van der Waals surface area (Å²) in [6, 6.07) is 0. The van der Waals surface area contributed by atoms with Crippen molar-refractivity contribution >= 4 is 11.6 Å². The van der Waals surface area contributed by atoms with Gasteiger partial charge in [0.2, 0.25) is 0 Å². The molecule has 3 N–H and O–H groups in total. The summed E-state index contributed by atoms with van der Waals surface area (Å²) < 4.78 is 0. The van der Waals surface area contributed by atoms with Gasteiger partial charge >= 0.3 is 0 Å². The lowest BCUT2D eigenvalue weighted by Gasteiger charge is -2.10. The number of aromatic nitrogens is 2. The first kappa shape index (κ1) is 10.2. The predicted octanol–water partition coefficient (Wildman–Crippen LogP) is 1.74. The monoisotopic (exact) mass is 206 g/mol. The van der Waals surface area contributed by atoms with Gasteiger partial charge in [-0.25, -0.2) is 9.97 Å². The normalized spacial score (nSPS) is 23.9. The van der Waals surface area contributed by atoms with Crippen LogP contribution >= 0.6 is 0 Å². The zero-order valence-corrected chi connectivity index (χ0v) is 9.54. The SMILES string of the molecule is Cc1nc(N)c(C)c(NCC2CC2C)n1. The fourth-order valence-corrected chi connectivity index (χ4v) is 1.73. The topological polar surface area (TPSA) is 63.8 Å². The number of nitrogen functional groups attached to an aromatic ring is 1. The first-order chi connectivity index (χ1) is 7.08. The summed E-state index contributed by atoms with van der Waals surface area (Å²) >= 11 is 0. The van der Waals surface area contributed by atoms with Crippen LogP contribution in [0.1, 0.15) is 24.7 Å². The number of nitrogens with one attached hydrogen (secondary N) is 1. The molecule has 0 bridgehead atoms. The van der Waals surface area contributed by atoms with Crippen molar-refractivity contribution in [2.24, 2.45) is 11.8 Å². The number of rotatable bonds is 3. The third-order valence-corrected chi connectivity index (χ3v) is 3.10. The molecule has 82 valence electrons. The Morgan fingerprint density at radius 2 is 2.07 bits per heavy atom. The molecule has 4 nitrogen and oxygen atoms in total. The average molecular weight is 206 g/mol. The highest BCUT2D eigenvalue weighted by Crippen LogP contribution is 2.37. The van der Waals surface area contributed by atoms with E-state index in [1.807, 2.05) is 13.8 Å². The van der Waals surface area contributed by atoms with Gasteiger partial charge in [0.1, 0.15) is 17.5 Å². The van der Waals surface area contributed by atoms with Crippen LogP contribution in [0.5, 0.6) is 0 Å². The van der Waals surface area contributed by atoms with E-state index in [1.54, 1.807) is 0 Å². The van der Waals surface area contributed by atoms with Crippen molar-refractivity contribution in [2.75, 3.05) is 17.6 Å². The maximum atomic E-state index is 5.78. The van der Waals surface area contributed by atoms with Gasteiger partial charge in [-0.3, -0.25) is 0 Å². The zero-order valence-electron chi connectivity index (χ0n) is 9.54. The Kier molecular flexibility index (Phi) is 2.50. The second-order valence-electron chi connectivity index (χ2n) is 4.48. The van der Waals surface area contributed by atoms with Crippen molar-refractivity contribution < 1.29 is 0 Å². The van der Waals surface area contributed by atoms with Crippen molar-refractivity contribution in [2.45, 2.75) is 27.2 Å². The highest BCUT2D eigenvalue weighted by Gasteiger charge is 2.32. The van der Waals surface area contributed by atoms with Crippen LogP contribution in [0.4, 0.5) is 11.6 Å². The Balaban J connectivity index is 2.06. The number of hydrogen-bond acceptors (Lipinski definition) is 4. The summed E-state index contributed by atoms with van der Waals surface area (Å²) in [4.78, 5) is 8.47. The molecule has 15 heavy (non-hydrogen) atoms. The lowest BCUT2D eigenvalue weighted by Crippen LogP contribution is -2.10. The van der Waals surface area contributed by atoms with E-state index in [-0.39, 0.29) is 0 Å². The minimum Gasteiger partial charge on any atom is -0.383 e. The highest BCUT2D eigenvalue weighted by atomic mass is 15.1. The van der Waals surface area contributed by atoms with Gasteiger partial charge in [-0.15, -0.1) is 0 Å². The minimum atomic E-state index is 0.578. The van der Waals surface area contributed by atoms with E-state index in [0.717, 1.165) is 35.6 Å². The summed E-state index contributed by atoms with van der Waals surface area (Å²) in [5.74, 6) is 3.86. The molecule has 1 heterocycles. The van der Waals surface area contributed by atoms with E-state index < -0.39 is 0 Å². The second kappa shape index (κ2) is 3.68. The van der Waals surface area contributed by atoms with Crippen LogP contribution in [0, 0.1) is 25.7 Å². The van der Waals surface area contributed by atoms with E-state index in [1.165, 1.54) is 6.42 Å². The fourth-order valence-electron chi connectivity index (χ4n) is 1.73. The zero-order chi connectivity index (χ0) is 11.0. The van der Waals surface area contributed by atoms with Crippen molar-refractivity contribution in [3.8, 4) is 0 Å². The maximum Gasteiger partial charge on any atom is 0.134 e. The first-order valence-electron chi connectivity index (χ1n) is 5.42. The number of hydrogen-bond donors (Lipinski definition) is 2. The first-order valence-corrected chi connectivity index (χ1v) is 5.42. The van der Waals surface area contributed by atoms with Crippen molar-refractivity contribution in [1.29, 1.82) is 0 Å². The number of nitrogens with zero attached hydrogens (tertiary/aromatic N) is 2. The van der Waals surface area contributed by atoms with Crippen LogP contribution in [-0.4, -0.2) is 16.5 Å². The molecule has 0 amide bonds. The molecule has 1 aliphatic rings. The Hall–Kier alpha value is -1.32. The fraction of sp³-hybridized carbons (Fsp3) is 0.636. The van der Waals surface area contributed by atoms with Crippen LogP contribution in [0.3, 0.4) is 0 Å². The van der Waals surface area contributed by atoms with Crippen LogP contribution in [0.25, 0.3) is 0 Å². The van der Waals surface area contributed by atoms with E-state index in [2.05, 4.69) is 22.2 Å². The number of nitrogens with two attached hydrogens (primary N) is 1. The van der Waals surface area contributed by atoms with Crippen LogP contribution < -0.4 is 11.1 Å². The van der Waals surface area contributed by atoms with Crippen molar-refractivity contribution in [3.63, 3.8) is 0 Å². The molecule has 2 rings (SSSR count). The predicted molar refractivity (Wildman–Crippen MR) is 61.7 cm³/mol. The molecule has 1 aromatic heterocycles. The highest BCUT2D eigenvalue weighted by molar-refractivity contribution is 5.54. The molecule has 1 fully saturated rings. The molecule has 0 aromatic carbocycles. The summed E-state index contributed by atoms with van der Waals surface area (Å²) in [5, 5.41) is 3.36. The summed E-state index contributed by atoms with van der Waals surface area (Å²) in [6.07, 6.45) is 1.32. The van der Waals surface area contributed by atoms with Gasteiger partial charge in [0.25, 0.3) is 0 Å². The Labute approximate surface area is 90.3 Å². The van der Waals surface area contributed by atoms with Crippen molar-refractivity contribution in [1.82, 2.24) is 9.97 Å². The van der Waals surface area contributed by atoms with E-state index in [0.29, 0.717) is 5.82 Å². The minimum absolute atomic E-state index is 0.578. The molecule has 1 aromatic rings. The molecule has 0 aliphatic heterocycles. The largest absolute Gasteiger partial charge is 0.383 e. The third kappa shape index (κ3) is 2.19. The lowest BCUT2D eigenvalue weighted by atomic mass is 10.3. The van der Waals surface area contributed by atoms with E-state index >= 15 is 0 Å². The maximum absolute atomic E-state index is 5.78. The van der Waals surface area contributed by atoms with Gasteiger partial charge in [0.05, 0.1) is 0 Å². The lowest BCUT2D eigenvalue weighted by molar-refractivity contribution is 0.782. The quantitative estimate of drug-likeness (QED) is 0.790. The smallest absolute Gasteiger partial charge is 0.134 e. The van der Waals surface area contributed by atoms with Crippen LogP contribution in [-0.2, 0) is 0 Å². The Bertz CT molecular complexity index is 375. The molecule has 4 heteroatoms. The molecule has 2 unspecified atom stereocenters. The van der Waals surface area contributed by atoms with Crippen molar-refractivity contribution in [3.05, 3.63) is 11.4 Å².